The first kappa shape index (κ1) is 19.7. The van der Waals surface area contributed by atoms with Crippen molar-refractivity contribution in [3.63, 3.8) is 0 Å². The molecule has 0 saturated heterocycles. The summed E-state index contributed by atoms with van der Waals surface area (Å²) in [7, 11) is 5.49. The number of nitrogens with one attached hydrogen (secondary N) is 2. The summed E-state index contributed by atoms with van der Waals surface area (Å²) >= 11 is 6.32. The number of benzene rings is 2. The van der Waals surface area contributed by atoms with Crippen molar-refractivity contribution in [2.24, 2.45) is 10.7 Å². The van der Waals surface area contributed by atoms with Crippen LogP contribution in [0.1, 0.15) is 16.1 Å². The molecule has 0 aliphatic rings. The fourth-order valence-electron chi connectivity index (χ4n) is 2.80. The molecule has 4 N–H and O–H groups in total. The number of amides is 1. The standard InChI is InChI=1S/C20H22ClN5O2/c1-23-20(22)25-19(27)15-10-13-14(21)8-9-17(18(13)24-15)28-16-7-5-4-6-12(16)11-26(2)3/h4-10,24H,11H2,1-3H3,(H3,22,23,25,27). The van der Waals surface area contributed by atoms with Crippen LogP contribution >= 0.6 is 11.6 Å². The molecule has 0 unspecified atom stereocenters. The number of H-pyrrole nitrogens is 1. The Kier molecular flexibility index (Phi) is 5.87. The average Bonchev–Trinajstić information content (AvgIpc) is 3.11. The Balaban J connectivity index is 1.99. The first-order valence-corrected chi connectivity index (χ1v) is 9.02. The number of aromatic amines is 1. The predicted octanol–water partition coefficient (Wildman–Crippen LogP) is 3.35. The molecule has 0 aliphatic heterocycles. The molecule has 0 aliphatic carbocycles. The largest absolute Gasteiger partial charge is 0.455 e. The number of aliphatic imine (C=N–C) groups is 1. The van der Waals surface area contributed by atoms with Crippen LogP contribution in [0.25, 0.3) is 10.9 Å². The Morgan fingerprint density at radius 2 is 2.00 bits per heavy atom. The van der Waals surface area contributed by atoms with E-state index in [1.165, 1.54) is 7.05 Å². The van der Waals surface area contributed by atoms with Crippen LogP contribution in [0.3, 0.4) is 0 Å². The number of halogens is 1. The second-order valence-corrected chi connectivity index (χ2v) is 6.93. The molecule has 1 heterocycles. The predicted molar refractivity (Wildman–Crippen MR) is 112 cm³/mol. The van der Waals surface area contributed by atoms with Gasteiger partial charge in [0.2, 0.25) is 0 Å². The second kappa shape index (κ2) is 8.33. The minimum Gasteiger partial charge on any atom is -0.455 e. The maximum absolute atomic E-state index is 12.3. The van der Waals surface area contributed by atoms with E-state index in [-0.39, 0.29) is 5.96 Å². The number of hydrogen-bond acceptors (Lipinski definition) is 4. The van der Waals surface area contributed by atoms with Gasteiger partial charge >= 0.3 is 0 Å². The summed E-state index contributed by atoms with van der Waals surface area (Å²) in [5.74, 6) is 0.933. The van der Waals surface area contributed by atoms with E-state index in [2.05, 4.69) is 20.2 Å². The van der Waals surface area contributed by atoms with E-state index in [0.29, 0.717) is 27.4 Å². The highest BCUT2D eigenvalue weighted by Crippen LogP contribution is 2.35. The van der Waals surface area contributed by atoms with Crippen LogP contribution in [0.15, 0.2) is 47.5 Å². The van der Waals surface area contributed by atoms with Crippen LogP contribution in [0, 0.1) is 0 Å². The van der Waals surface area contributed by atoms with Crippen molar-refractivity contribution in [2.75, 3.05) is 21.1 Å². The van der Waals surface area contributed by atoms with Crippen LogP contribution in [-0.2, 0) is 6.54 Å². The van der Waals surface area contributed by atoms with Crippen molar-refractivity contribution in [3.05, 3.63) is 58.7 Å². The van der Waals surface area contributed by atoms with Gasteiger partial charge in [-0.1, -0.05) is 29.8 Å². The molecule has 1 aromatic heterocycles. The van der Waals surface area contributed by atoms with Gasteiger partial charge in [0.1, 0.15) is 11.4 Å². The molecule has 0 radical (unpaired) electrons. The Bertz CT molecular complexity index is 1040. The molecule has 0 bridgehead atoms. The van der Waals surface area contributed by atoms with Gasteiger partial charge in [-0.15, -0.1) is 0 Å². The molecule has 3 rings (SSSR count). The first-order chi connectivity index (χ1) is 13.4. The summed E-state index contributed by atoms with van der Waals surface area (Å²) in [6.07, 6.45) is 0. The minimum absolute atomic E-state index is 0.0313. The zero-order chi connectivity index (χ0) is 20.3. The highest BCUT2D eigenvalue weighted by atomic mass is 35.5. The van der Waals surface area contributed by atoms with E-state index in [1.54, 1.807) is 18.2 Å². The summed E-state index contributed by atoms with van der Waals surface area (Å²) in [6.45, 7) is 0.737. The molecule has 0 atom stereocenters. The monoisotopic (exact) mass is 399 g/mol. The smallest absolute Gasteiger partial charge is 0.274 e. The van der Waals surface area contributed by atoms with Crippen molar-refractivity contribution < 1.29 is 9.53 Å². The molecular formula is C20H22ClN5O2. The molecule has 0 fully saturated rings. The lowest BCUT2D eigenvalue weighted by molar-refractivity contribution is 0.0972. The number of carbonyl (C=O) groups excluding carboxylic acids is 1. The molecular weight excluding hydrogens is 378 g/mol. The number of ether oxygens (including phenoxy) is 1. The summed E-state index contributed by atoms with van der Waals surface area (Å²) in [6, 6.07) is 13.0. The molecule has 2 aromatic carbocycles. The van der Waals surface area contributed by atoms with Crippen LogP contribution in [0.5, 0.6) is 11.5 Å². The van der Waals surface area contributed by atoms with Gasteiger partial charge in [-0.3, -0.25) is 15.1 Å². The Morgan fingerprint density at radius 1 is 1.25 bits per heavy atom. The number of rotatable bonds is 5. The normalized spacial score (nSPS) is 11.8. The lowest BCUT2D eigenvalue weighted by atomic mass is 10.2. The quantitative estimate of drug-likeness (QED) is 0.453. The number of hydrogen-bond donors (Lipinski definition) is 3. The van der Waals surface area contributed by atoms with Crippen molar-refractivity contribution in [3.8, 4) is 11.5 Å². The topological polar surface area (TPSA) is 95.7 Å². The van der Waals surface area contributed by atoms with Crippen molar-refractivity contribution in [2.45, 2.75) is 6.54 Å². The number of nitrogens with two attached hydrogens (primary N) is 1. The molecule has 0 saturated carbocycles. The zero-order valence-electron chi connectivity index (χ0n) is 15.9. The Hall–Kier alpha value is -3.03. The van der Waals surface area contributed by atoms with E-state index >= 15 is 0 Å². The van der Waals surface area contributed by atoms with Crippen LogP contribution in [0.2, 0.25) is 5.02 Å². The number of fused-ring (bicyclic) bond motifs is 1. The second-order valence-electron chi connectivity index (χ2n) is 6.53. The van der Waals surface area contributed by atoms with E-state index in [0.717, 1.165) is 17.9 Å². The van der Waals surface area contributed by atoms with Gasteiger partial charge in [0.15, 0.2) is 11.7 Å². The fraction of sp³-hybridized carbons (Fsp3) is 0.200. The summed E-state index contributed by atoms with van der Waals surface area (Å²) in [4.78, 5) is 21.2. The third-order valence-corrected chi connectivity index (χ3v) is 4.44. The van der Waals surface area contributed by atoms with E-state index in [1.807, 2.05) is 38.4 Å². The minimum atomic E-state index is -0.408. The number of para-hydroxylation sites is 1. The van der Waals surface area contributed by atoms with Crippen LogP contribution in [-0.4, -0.2) is 42.9 Å². The van der Waals surface area contributed by atoms with Gasteiger partial charge in [0.25, 0.3) is 5.91 Å². The summed E-state index contributed by atoms with van der Waals surface area (Å²) in [5.41, 5.74) is 7.56. The third kappa shape index (κ3) is 4.27. The van der Waals surface area contributed by atoms with Gasteiger partial charge in [-0.25, -0.2) is 0 Å². The maximum atomic E-state index is 12.3. The Labute approximate surface area is 168 Å². The highest BCUT2D eigenvalue weighted by molar-refractivity contribution is 6.36. The van der Waals surface area contributed by atoms with E-state index < -0.39 is 5.91 Å². The lowest BCUT2D eigenvalue weighted by Gasteiger charge is -2.15. The van der Waals surface area contributed by atoms with Gasteiger partial charge in [-0.05, 0) is 38.4 Å². The van der Waals surface area contributed by atoms with Crippen molar-refractivity contribution >= 4 is 34.4 Å². The molecule has 0 spiro atoms. The molecule has 8 heteroatoms. The number of nitrogens with zero attached hydrogens (tertiary/aromatic N) is 2. The van der Waals surface area contributed by atoms with Gasteiger partial charge in [-0.2, -0.15) is 0 Å². The lowest BCUT2D eigenvalue weighted by Crippen LogP contribution is -2.36. The maximum Gasteiger partial charge on any atom is 0.274 e. The number of aromatic nitrogens is 1. The SMILES string of the molecule is CN=C(N)NC(=O)c1cc2c(Cl)ccc(Oc3ccccc3CN(C)C)c2[nH]1. The van der Waals surface area contributed by atoms with Gasteiger partial charge in [0, 0.05) is 24.5 Å². The summed E-state index contributed by atoms with van der Waals surface area (Å²) in [5, 5.41) is 3.69. The van der Waals surface area contributed by atoms with Crippen LogP contribution in [0.4, 0.5) is 0 Å². The molecule has 3 aromatic rings. The number of guanidine groups is 1. The third-order valence-electron chi connectivity index (χ3n) is 4.11. The first-order valence-electron chi connectivity index (χ1n) is 8.64. The zero-order valence-corrected chi connectivity index (χ0v) is 16.7. The van der Waals surface area contributed by atoms with E-state index in [9.17, 15) is 4.79 Å². The van der Waals surface area contributed by atoms with Gasteiger partial charge in [0.05, 0.1) is 10.5 Å². The molecule has 1 amide bonds. The fourth-order valence-corrected chi connectivity index (χ4v) is 3.01. The Morgan fingerprint density at radius 3 is 2.71 bits per heavy atom. The molecule has 7 nitrogen and oxygen atoms in total. The van der Waals surface area contributed by atoms with Crippen molar-refractivity contribution in [1.29, 1.82) is 0 Å². The highest BCUT2D eigenvalue weighted by Gasteiger charge is 2.16. The molecule has 28 heavy (non-hydrogen) atoms. The summed E-state index contributed by atoms with van der Waals surface area (Å²) < 4.78 is 6.18. The number of carbonyl (C=O) groups is 1. The van der Waals surface area contributed by atoms with Crippen LogP contribution < -0.4 is 15.8 Å². The van der Waals surface area contributed by atoms with Gasteiger partial charge < -0.3 is 20.4 Å². The van der Waals surface area contributed by atoms with Crippen molar-refractivity contribution in [1.82, 2.24) is 15.2 Å². The van der Waals surface area contributed by atoms with E-state index in [4.69, 9.17) is 22.1 Å². The molecule has 146 valence electrons. The average molecular weight is 400 g/mol.